The van der Waals surface area contributed by atoms with Crippen LogP contribution in [-0.4, -0.2) is 34.1 Å². The zero-order chi connectivity index (χ0) is 24.4. The number of fused-ring (bicyclic) bond motifs is 1. The fourth-order valence-corrected chi connectivity index (χ4v) is 5.31. The number of nitrogens with one attached hydrogen (secondary N) is 1. The molecule has 0 saturated carbocycles. The summed E-state index contributed by atoms with van der Waals surface area (Å²) >= 11 is 1.37. The molecule has 1 aromatic carbocycles. The number of aryl methyl sites for hydroxylation is 2. The minimum absolute atomic E-state index is 0.0636. The van der Waals surface area contributed by atoms with E-state index >= 15 is 0 Å². The van der Waals surface area contributed by atoms with Crippen molar-refractivity contribution in [2.75, 3.05) is 13.6 Å². The van der Waals surface area contributed by atoms with Gasteiger partial charge in [-0.05, 0) is 43.3 Å². The first-order chi connectivity index (χ1) is 16.2. The van der Waals surface area contributed by atoms with Crippen LogP contribution in [0, 0.1) is 12.7 Å². The monoisotopic (exact) mass is 483 g/mol. The van der Waals surface area contributed by atoms with Gasteiger partial charge in [-0.3, -0.25) is 14.5 Å². The Kier molecular flexibility index (Phi) is 6.97. The zero-order valence-corrected chi connectivity index (χ0v) is 20.0. The minimum Gasteiger partial charge on any atom is -0.472 e. The Balaban J connectivity index is 1.54. The summed E-state index contributed by atoms with van der Waals surface area (Å²) in [4.78, 5) is 28.9. The van der Waals surface area contributed by atoms with Crippen LogP contribution < -0.4 is 10.7 Å². The summed E-state index contributed by atoms with van der Waals surface area (Å²) in [5.41, 5.74) is 2.97. The summed E-state index contributed by atoms with van der Waals surface area (Å²) in [6.45, 7) is 3.10. The molecule has 0 aliphatic heterocycles. The molecule has 1 unspecified atom stereocenters. The number of thiophene rings is 1. The predicted octanol–water partition coefficient (Wildman–Crippen LogP) is 3.74. The highest BCUT2D eigenvalue weighted by atomic mass is 32.1. The van der Waals surface area contributed by atoms with E-state index in [4.69, 9.17) is 4.42 Å². The first kappa shape index (κ1) is 23.9. The maximum absolute atomic E-state index is 13.2. The van der Waals surface area contributed by atoms with E-state index in [0.717, 1.165) is 21.5 Å². The van der Waals surface area contributed by atoms with E-state index in [1.165, 1.54) is 36.0 Å². The summed E-state index contributed by atoms with van der Waals surface area (Å²) in [5.74, 6) is -0.820. The van der Waals surface area contributed by atoms with Crippen LogP contribution in [0.25, 0.3) is 10.2 Å². The average molecular weight is 484 g/mol. The van der Waals surface area contributed by atoms with E-state index in [2.05, 4.69) is 5.32 Å². The van der Waals surface area contributed by atoms with Gasteiger partial charge in [0, 0.05) is 43.3 Å². The molecule has 0 radical (unpaired) electrons. The summed E-state index contributed by atoms with van der Waals surface area (Å²) in [6.07, 6.45) is 3.93. The van der Waals surface area contributed by atoms with Gasteiger partial charge in [-0.2, -0.15) is 0 Å². The molecule has 3 aromatic heterocycles. The van der Waals surface area contributed by atoms with E-state index in [1.54, 1.807) is 29.0 Å². The number of carbonyl (C=O) groups is 1. The van der Waals surface area contributed by atoms with Crippen LogP contribution in [0.2, 0.25) is 0 Å². The molecule has 0 aliphatic carbocycles. The van der Waals surface area contributed by atoms with Gasteiger partial charge in [0.25, 0.3) is 5.91 Å². The van der Waals surface area contributed by atoms with Gasteiger partial charge in [0.05, 0.1) is 28.8 Å². The molecule has 34 heavy (non-hydrogen) atoms. The maximum Gasteiger partial charge on any atom is 0.257 e. The number of halogens is 1. The number of benzene rings is 1. The van der Waals surface area contributed by atoms with Gasteiger partial charge < -0.3 is 19.4 Å². The first-order valence-corrected chi connectivity index (χ1v) is 11.6. The topological polar surface area (TPSA) is 87.7 Å². The number of hydrogen-bond donors (Lipinski definition) is 2. The largest absolute Gasteiger partial charge is 0.472 e. The lowest BCUT2D eigenvalue weighted by molar-refractivity contribution is 0.0949. The standard InChI is InChI=1S/C25H26FN3O4S/c1-15-21(13-28(2)12-20(30)17-8-9-33-14-17)34-24-22(15)29(3)11-19(23(24)31)25(32)27-10-16-4-6-18(26)7-5-16/h4-9,11,14,20,30H,10,12-13H2,1-3H3,(H,27,32). The summed E-state index contributed by atoms with van der Waals surface area (Å²) < 4.78 is 20.4. The molecule has 3 heterocycles. The van der Waals surface area contributed by atoms with Crippen LogP contribution in [0.3, 0.4) is 0 Å². The van der Waals surface area contributed by atoms with Crippen molar-refractivity contribution in [2.45, 2.75) is 26.1 Å². The van der Waals surface area contributed by atoms with E-state index < -0.39 is 12.0 Å². The van der Waals surface area contributed by atoms with Gasteiger partial charge in [-0.1, -0.05) is 12.1 Å². The second kappa shape index (κ2) is 9.92. The van der Waals surface area contributed by atoms with Gasteiger partial charge in [-0.25, -0.2) is 4.39 Å². The lowest BCUT2D eigenvalue weighted by Gasteiger charge is -2.19. The van der Waals surface area contributed by atoms with Gasteiger partial charge in [0.1, 0.15) is 11.4 Å². The highest BCUT2D eigenvalue weighted by molar-refractivity contribution is 7.19. The summed E-state index contributed by atoms with van der Waals surface area (Å²) in [5, 5.41) is 13.1. The molecule has 0 spiro atoms. The van der Waals surface area contributed by atoms with Crippen molar-refractivity contribution in [3.63, 3.8) is 0 Å². The number of amides is 1. The van der Waals surface area contributed by atoms with Gasteiger partial charge >= 0.3 is 0 Å². The second-order valence-electron chi connectivity index (χ2n) is 8.39. The number of rotatable bonds is 8. The zero-order valence-electron chi connectivity index (χ0n) is 19.2. The molecular weight excluding hydrogens is 457 g/mol. The van der Waals surface area contributed by atoms with Crippen molar-refractivity contribution in [2.24, 2.45) is 7.05 Å². The Morgan fingerprint density at radius 1 is 1.29 bits per heavy atom. The SMILES string of the molecule is Cc1c(CN(C)CC(O)c2ccoc2)sc2c(=O)c(C(=O)NCc3ccc(F)cc3)cn(C)c12. The fourth-order valence-electron chi connectivity index (χ4n) is 3.94. The molecule has 9 heteroatoms. The number of likely N-dealkylation sites (N-methyl/N-ethyl adjacent to an activating group) is 1. The third-order valence-electron chi connectivity index (χ3n) is 5.78. The lowest BCUT2D eigenvalue weighted by Crippen LogP contribution is -2.29. The molecule has 1 atom stereocenters. The Morgan fingerprint density at radius 2 is 2.03 bits per heavy atom. The maximum atomic E-state index is 13.2. The Labute approximate surface area is 200 Å². The Morgan fingerprint density at radius 3 is 2.71 bits per heavy atom. The fraction of sp³-hybridized carbons (Fsp3) is 0.280. The number of hydrogen-bond acceptors (Lipinski definition) is 6. The molecule has 0 aliphatic rings. The normalized spacial score (nSPS) is 12.4. The number of furan rings is 1. The molecule has 4 rings (SSSR count). The Hall–Kier alpha value is -3.27. The predicted molar refractivity (Wildman–Crippen MR) is 129 cm³/mol. The molecule has 0 bridgehead atoms. The van der Waals surface area contributed by atoms with Crippen molar-refractivity contribution < 1.29 is 18.7 Å². The van der Waals surface area contributed by atoms with E-state index in [1.807, 2.05) is 25.9 Å². The molecule has 0 fully saturated rings. The van der Waals surface area contributed by atoms with Crippen LogP contribution in [0.15, 0.2) is 58.3 Å². The third kappa shape index (κ3) is 4.96. The number of pyridine rings is 1. The molecule has 1 amide bonds. The first-order valence-electron chi connectivity index (χ1n) is 10.8. The second-order valence-corrected chi connectivity index (χ2v) is 9.49. The van der Waals surface area contributed by atoms with Crippen molar-refractivity contribution in [3.05, 3.63) is 92.2 Å². The molecule has 4 aromatic rings. The minimum atomic E-state index is -0.680. The molecule has 178 valence electrons. The lowest BCUT2D eigenvalue weighted by atomic mass is 10.1. The van der Waals surface area contributed by atoms with Crippen LogP contribution in [0.4, 0.5) is 4.39 Å². The van der Waals surface area contributed by atoms with E-state index in [9.17, 15) is 19.1 Å². The number of aromatic nitrogens is 1. The average Bonchev–Trinajstić information content (AvgIpc) is 3.45. The van der Waals surface area contributed by atoms with Crippen molar-refractivity contribution in [1.29, 1.82) is 0 Å². The highest BCUT2D eigenvalue weighted by Gasteiger charge is 2.21. The van der Waals surface area contributed by atoms with Crippen molar-refractivity contribution in [3.8, 4) is 0 Å². The quantitative estimate of drug-likeness (QED) is 0.399. The smallest absolute Gasteiger partial charge is 0.257 e. The van der Waals surface area contributed by atoms with Crippen LogP contribution in [0.5, 0.6) is 0 Å². The van der Waals surface area contributed by atoms with Gasteiger partial charge in [0.2, 0.25) is 5.43 Å². The molecule has 2 N–H and O–H groups in total. The number of aliphatic hydroxyl groups is 1. The van der Waals surface area contributed by atoms with Crippen molar-refractivity contribution >= 4 is 27.5 Å². The Bertz CT molecular complexity index is 1360. The summed E-state index contributed by atoms with van der Waals surface area (Å²) in [7, 11) is 3.72. The third-order valence-corrected chi connectivity index (χ3v) is 7.04. The van der Waals surface area contributed by atoms with Crippen molar-refractivity contribution in [1.82, 2.24) is 14.8 Å². The van der Waals surface area contributed by atoms with Crippen LogP contribution in [-0.2, 0) is 20.1 Å². The number of carbonyl (C=O) groups excluding carboxylic acids is 1. The van der Waals surface area contributed by atoms with Gasteiger partial charge in [-0.15, -0.1) is 11.3 Å². The molecule has 7 nitrogen and oxygen atoms in total. The van der Waals surface area contributed by atoms with Gasteiger partial charge in [0.15, 0.2) is 0 Å². The van der Waals surface area contributed by atoms with E-state index in [-0.39, 0.29) is 23.4 Å². The molecule has 0 saturated heterocycles. The van der Waals surface area contributed by atoms with Crippen LogP contribution in [0.1, 0.15) is 38.0 Å². The number of nitrogens with zero attached hydrogens (tertiary/aromatic N) is 2. The molecular formula is C25H26FN3O4S. The highest BCUT2D eigenvalue weighted by Crippen LogP contribution is 2.30. The summed E-state index contributed by atoms with van der Waals surface area (Å²) in [6, 6.07) is 7.56. The number of aliphatic hydroxyl groups excluding tert-OH is 1. The van der Waals surface area contributed by atoms with Crippen LogP contribution >= 0.6 is 11.3 Å². The van der Waals surface area contributed by atoms with E-state index in [0.29, 0.717) is 23.4 Å².